The molecule has 1 aromatic heterocycles. The zero-order valence-electron chi connectivity index (χ0n) is 8.77. The third kappa shape index (κ3) is 2.18. The van der Waals surface area contributed by atoms with Crippen LogP contribution in [0.2, 0.25) is 0 Å². The Hall–Kier alpha value is -2.15. The van der Waals surface area contributed by atoms with Gasteiger partial charge in [0, 0.05) is 12.7 Å². The third-order valence-electron chi connectivity index (χ3n) is 2.51. The zero-order valence-corrected chi connectivity index (χ0v) is 8.77. The maximum Gasteiger partial charge on any atom is 0.271 e. The van der Waals surface area contributed by atoms with E-state index in [9.17, 15) is 19.5 Å². The summed E-state index contributed by atoms with van der Waals surface area (Å²) < 4.78 is 0. The van der Waals surface area contributed by atoms with Crippen LogP contribution in [0.25, 0.3) is 0 Å². The summed E-state index contributed by atoms with van der Waals surface area (Å²) in [7, 11) is 0. The summed E-state index contributed by atoms with van der Waals surface area (Å²) in [6, 6.07) is 2.96. The number of carbonyl (C=O) groups is 2. The second-order valence-electron chi connectivity index (χ2n) is 3.69. The fourth-order valence-electron chi connectivity index (χ4n) is 1.63. The number of anilines is 1. The quantitative estimate of drug-likeness (QED) is 0.465. The second-order valence-corrected chi connectivity index (χ2v) is 3.69. The van der Waals surface area contributed by atoms with E-state index in [0.29, 0.717) is 0 Å². The van der Waals surface area contributed by atoms with Crippen LogP contribution in [-0.2, 0) is 9.59 Å². The summed E-state index contributed by atoms with van der Waals surface area (Å²) in [6.07, 6.45) is 0.361. The predicted molar refractivity (Wildman–Crippen MR) is 58.2 cm³/mol. The van der Waals surface area contributed by atoms with Crippen molar-refractivity contribution in [3.05, 3.63) is 28.7 Å². The van der Waals surface area contributed by atoms with E-state index in [1.54, 1.807) is 6.07 Å². The van der Waals surface area contributed by atoms with Crippen molar-refractivity contribution < 1.29 is 14.7 Å². The molecule has 90 valence electrons. The molecule has 2 atom stereocenters. The number of aliphatic hydroxyl groups excluding tert-OH is 1. The number of β-amino-alcohol motifs (C(OH)–C–C–N with tert-alkyl or cyclic N) is 1. The first-order valence-electron chi connectivity index (χ1n) is 5.04. The summed E-state index contributed by atoms with van der Waals surface area (Å²) in [5, 5.41) is 14.1. The zero-order chi connectivity index (χ0) is 12.4. The van der Waals surface area contributed by atoms with Crippen molar-refractivity contribution in [2.75, 3.05) is 11.9 Å². The van der Waals surface area contributed by atoms with Crippen LogP contribution in [0.3, 0.4) is 0 Å². The summed E-state index contributed by atoms with van der Waals surface area (Å²) in [5.41, 5.74) is -0.418. The van der Waals surface area contributed by atoms with Crippen molar-refractivity contribution >= 4 is 17.5 Å². The number of hydrogen-bond acceptors (Lipinski definition) is 4. The molecule has 17 heavy (non-hydrogen) atoms. The summed E-state index contributed by atoms with van der Waals surface area (Å²) >= 11 is 0. The highest BCUT2D eigenvalue weighted by atomic mass is 16.3. The number of hydrogen-bond donors (Lipinski definition) is 4. The number of carbonyl (C=O) groups excluding carboxylic acids is 2. The van der Waals surface area contributed by atoms with Gasteiger partial charge in [-0.1, -0.05) is 0 Å². The number of pyridine rings is 1. The van der Waals surface area contributed by atoms with Gasteiger partial charge in [-0.15, -0.1) is 0 Å². The minimum atomic E-state index is -1.17. The highest BCUT2D eigenvalue weighted by molar-refractivity contribution is 6.08. The number of rotatable bonds is 2. The molecule has 2 amide bonds. The van der Waals surface area contributed by atoms with Crippen LogP contribution < -0.4 is 16.2 Å². The molecule has 0 bridgehead atoms. The van der Waals surface area contributed by atoms with Crippen LogP contribution in [0.4, 0.5) is 5.69 Å². The van der Waals surface area contributed by atoms with E-state index in [1.165, 1.54) is 12.3 Å². The van der Waals surface area contributed by atoms with Gasteiger partial charge in [-0.25, -0.2) is 0 Å². The van der Waals surface area contributed by atoms with E-state index in [1.807, 2.05) is 0 Å². The smallest absolute Gasteiger partial charge is 0.271 e. The lowest BCUT2D eigenvalue weighted by molar-refractivity contribution is -0.132. The molecule has 1 aliphatic rings. The van der Waals surface area contributed by atoms with Crippen molar-refractivity contribution in [2.24, 2.45) is 5.92 Å². The molecule has 0 saturated carbocycles. The first-order chi connectivity index (χ1) is 8.09. The van der Waals surface area contributed by atoms with Gasteiger partial charge in [0.1, 0.15) is 11.6 Å². The number of H-pyrrole nitrogens is 1. The highest BCUT2D eigenvalue weighted by Crippen LogP contribution is 2.12. The SMILES string of the molecule is O=C1NCC(O)C1C(=O)Nc1ccc[nH]c1=O. The summed E-state index contributed by atoms with van der Waals surface area (Å²) in [4.78, 5) is 36.7. The number of aliphatic hydroxyl groups is 1. The highest BCUT2D eigenvalue weighted by Gasteiger charge is 2.39. The van der Waals surface area contributed by atoms with Gasteiger partial charge in [-0.2, -0.15) is 0 Å². The van der Waals surface area contributed by atoms with E-state index >= 15 is 0 Å². The Balaban J connectivity index is 2.15. The van der Waals surface area contributed by atoms with Crippen molar-refractivity contribution in [3.63, 3.8) is 0 Å². The lowest BCUT2D eigenvalue weighted by Gasteiger charge is -2.11. The topological polar surface area (TPSA) is 111 Å². The molecule has 0 spiro atoms. The molecule has 2 unspecified atom stereocenters. The van der Waals surface area contributed by atoms with E-state index < -0.39 is 29.4 Å². The van der Waals surface area contributed by atoms with Crippen LogP contribution in [0.1, 0.15) is 0 Å². The molecule has 2 rings (SSSR count). The average molecular weight is 237 g/mol. The predicted octanol–water partition coefficient (Wildman–Crippen LogP) is -1.58. The van der Waals surface area contributed by atoms with Gasteiger partial charge in [0.25, 0.3) is 5.56 Å². The first kappa shape index (κ1) is 11.3. The molecule has 0 aliphatic carbocycles. The molecule has 7 heteroatoms. The largest absolute Gasteiger partial charge is 0.390 e. The van der Waals surface area contributed by atoms with E-state index in [0.717, 1.165) is 0 Å². The monoisotopic (exact) mass is 237 g/mol. The van der Waals surface area contributed by atoms with Gasteiger partial charge < -0.3 is 20.7 Å². The molecule has 7 nitrogen and oxygen atoms in total. The maximum atomic E-state index is 11.7. The Morgan fingerprint density at radius 3 is 2.82 bits per heavy atom. The number of nitrogens with one attached hydrogen (secondary N) is 3. The standard InChI is InChI=1S/C10H11N3O4/c14-6-4-12-9(16)7(6)10(17)13-5-2-1-3-11-8(5)15/h1-3,6-7,14H,4H2,(H,11,15)(H,12,16)(H,13,17). The fraction of sp³-hybridized carbons (Fsp3) is 0.300. The van der Waals surface area contributed by atoms with Crippen LogP contribution in [0, 0.1) is 5.92 Å². The Morgan fingerprint density at radius 2 is 2.24 bits per heavy atom. The van der Waals surface area contributed by atoms with E-state index in [4.69, 9.17) is 0 Å². The maximum absolute atomic E-state index is 11.7. The van der Waals surface area contributed by atoms with Crippen LogP contribution in [-0.4, -0.2) is 34.6 Å². The number of aromatic amines is 1. The molecule has 1 aromatic rings. The van der Waals surface area contributed by atoms with Gasteiger partial charge in [0.2, 0.25) is 11.8 Å². The summed E-state index contributed by atoms with van der Waals surface area (Å²) in [5.74, 6) is -2.40. The first-order valence-corrected chi connectivity index (χ1v) is 5.04. The lowest BCUT2D eigenvalue weighted by atomic mass is 10.0. The van der Waals surface area contributed by atoms with Crippen molar-refractivity contribution in [1.29, 1.82) is 0 Å². The molecule has 1 aliphatic heterocycles. The van der Waals surface area contributed by atoms with Crippen LogP contribution in [0.5, 0.6) is 0 Å². The Morgan fingerprint density at radius 1 is 1.47 bits per heavy atom. The average Bonchev–Trinajstić information content (AvgIpc) is 2.62. The molecule has 4 N–H and O–H groups in total. The number of aromatic nitrogens is 1. The molecule has 0 aromatic carbocycles. The molecule has 0 radical (unpaired) electrons. The Kier molecular flexibility index (Phi) is 2.92. The summed E-state index contributed by atoms with van der Waals surface area (Å²) in [6.45, 7) is 0.0437. The van der Waals surface area contributed by atoms with Gasteiger partial charge in [-0.05, 0) is 12.1 Å². The Bertz CT molecular complexity index is 510. The van der Waals surface area contributed by atoms with Gasteiger partial charge in [0.15, 0.2) is 0 Å². The molecule has 1 fully saturated rings. The van der Waals surface area contributed by atoms with E-state index in [2.05, 4.69) is 15.6 Å². The Labute approximate surface area is 95.8 Å². The molecular weight excluding hydrogens is 226 g/mol. The number of amides is 2. The third-order valence-corrected chi connectivity index (χ3v) is 2.51. The van der Waals surface area contributed by atoms with Gasteiger partial charge in [0.05, 0.1) is 6.10 Å². The van der Waals surface area contributed by atoms with Crippen molar-refractivity contribution in [3.8, 4) is 0 Å². The molecule has 2 heterocycles. The lowest BCUT2D eigenvalue weighted by Crippen LogP contribution is -2.36. The van der Waals surface area contributed by atoms with Crippen molar-refractivity contribution in [2.45, 2.75) is 6.10 Å². The van der Waals surface area contributed by atoms with E-state index in [-0.39, 0.29) is 12.2 Å². The van der Waals surface area contributed by atoms with Crippen molar-refractivity contribution in [1.82, 2.24) is 10.3 Å². The fourth-order valence-corrected chi connectivity index (χ4v) is 1.63. The van der Waals surface area contributed by atoms with Crippen LogP contribution >= 0.6 is 0 Å². The normalized spacial score (nSPS) is 23.2. The second kappa shape index (κ2) is 4.38. The van der Waals surface area contributed by atoms with Gasteiger partial charge >= 0.3 is 0 Å². The molecular formula is C10H11N3O4. The van der Waals surface area contributed by atoms with Crippen LogP contribution in [0.15, 0.2) is 23.1 Å². The van der Waals surface area contributed by atoms with Gasteiger partial charge in [-0.3, -0.25) is 14.4 Å². The molecule has 1 saturated heterocycles. The minimum Gasteiger partial charge on any atom is -0.390 e. The minimum absolute atomic E-state index is 0.0437.